The molecule has 0 spiro atoms. The first-order chi connectivity index (χ1) is 13.3. The SMILES string of the molecule is Cc1c(Cl)cnc(NC(=O)COC(=O)c2ccc(-c3ccc(F)cc3)o2)c1Cl. The molecule has 144 valence electrons. The molecule has 0 fully saturated rings. The van der Waals surface area contributed by atoms with E-state index in [1.807, 2.05) is 0 Å². The van der Waals surface area contributed by atoms with Gasteiger partial charge in [0.15, 0.2) is 12.4 Å². The standard InChI is InChI=1S/C19H13Cl2FN2O4/c1-10-13(20)8-23-18(17(10)21)24-16(25)9-27-19(26)15-7-6-14(28-15)11-2-4-12(22)5-3-11/h2-8H,9H2,1H3,(H,23,24,25). The zero-order chi connectivity index (χ0) is 20.3. The van der Waals surface area contributed by atoms with E-state index in [0.29, 0.717) is 21.9 Å². The molecule has 3 aromatic rings. The van der Waals surface area contributed by atoms with Crippen molar-refractivity contribution in [3.8, 4) is 11.3 Å². The first-order valence-electron chi connectivity index (χ1n) is 7.98. The van der Waals surface area contributed by atoms with E-state index in [0.717, 1.165) is 0 Å². The fraction of sp³-hybridized carbons (Fsp3) is 0.105. The van der Waals surface area contributed by atoms with Crippen molar-refractivity contribution in [3.05, 3.63) is 69.8 Å². The van der Waals surface area contributed by atoms with Crippen LogP contribution in [0.25, 0.3) is 11.3 Å². The number of pyridine rings is 1. The number of ether oxygens (including phenoxy) is 1. The van der Waals surface area contributed by atoms with Gasteiger partial charge in [-0.2, -0.15) is 0 Å². The van der Waals surface area contributed by atoms with Crippen LogP contribution < -0.4 is 5.32 Å². The van der Waals surface area contributed by atoms with E-state index in [1.165, 1.54) is 36.5 Å². The van der Waals surface area contributed by atoms with Gasteiger partial charge in [-0.15, -0.1) is 0 Å². The molecule has 2 heterocycles. The summed E-state index contributed by atoms with van der Waals surface area (Å²) in [5.41, 5.74) is 1.16. The van der Waals surface area contributed by atoms with Gasteiger partial charge < -0.3 is 14.5 Å². The molecule has 2 aromatic heterocycles. The van der Waals surface area contributed by atoms with Gasteiger partial charge in [0.25, 0.3) is 5.91 Å². The van der Waals surface area contributed by atoms with E-state index in [2.05, 4.69) is 10.3 Å². The molecule has 3 rings (SSSR count). The molecule has 0 aliphatic carbocycles. The second kappa shape index (κ2) is 8.41. The van der Waals surface area contributed by atoms with Crippen molar-refractivity contribution in [1.82, 2.24) is 4.98 Å². The number of esters is 1. The molecular formula is C19H13Cl2FN2O4. The van der Waals surface area contributed by atoms with Crippen LogP contribution in [0.4, 0.5) is 10.2 Å². The summed E-state index contributed by atoms with van der Waals surface area (Å²) in [7, 11) is 0. The Kier molecular flexibility index (Phi) is 5.96. The Bertz CT molecular complexity index is 1030. The van der Waals surface area contributed by atoms with E-state index in [1.54, 1.807) is 13.0 Å². The lowest BCUT2D eigenvalue weighted by Gasteiger charge is -2.09. The van der Waals surface area contributed by atoms with Crippen LogP contribution in [-0.2, 0) is 9.53 Å². The normalized spacial score (nSPS) is 10.6. The molecule has 0 aliphatic rings. The summed E-state index contributed by atoms with van der Waals surface area (Å²) in [6, 6.07) is 8.53. The van der Waals surface area contributed by atoms with E-state index in [-0.39, 0.29) is 22.4 Å². The second-order valence-corrected chi connectivity index (χ2v) is 6.47. The Hall–Kier alpha value is -2.90. The Morgan fingerprint density at radius 3 is 2.61 bits per heavy atom. The molecule has 0 radical (unpaired) electrons. The van der Waals surface area contributed by atoms with Gasteiger partial charge in [-0.3, -0.25) is 4.79 Å². The predicted molar refractivity (Wildman–Crippen MR) is 102 cm³/mol. The third-order valence-electron chi connectivity index (χ3n) is 3.73. The van der Waals surface area contributed by atoms with Gasteiger partial charge in [-0.25, -0.2) is 14.2 Å². The number of hydrogen-bond donors (Lipinski definition) is 1. The summed E-state index contributed by atoms with van der Waals surface area (Å²) in [5, 5.41) is 3.00. The molecule has 1 aromatic carbocycles. The van der Waals surface area contributed by atoms with Crippen LogP contribution in [0.15, 0.2) is 47.0 Å². The van der Waals surface area contributed by atoms with E-state index < -0.39 is 18.5 Å². The number of halogens is 3. The third-order valence-corrected chi connectivity index (χ3v) is 4.57. The minimum Gasteiger partial charge on any atom is -0.450 e. The Morgan fingerprint density at radius 2 is 1.89 bits per heavy atom. The molecule has 0 saturated heterocycles. The quantitative estimate of drug-likeness (QED) is 0.591. The van der Waals surface area contributed by atoms with Crippen molar-refractivity contribution in [2.75, 3.05) is 11.9 Å². The first kappa shape index (κ1) is 19.9. The summed E-state index contributed by atoms with van der Waals surface area (Å²) in [6.07, 6.45) is 1.35. The number of rotatable bonds is 5. The zero-order valence-corrected chi connectivity index (χ0v) is 16.0. The minimum absolute atomic E-state index is 0.0920. The lowest BCUT2D eigenvalue weighted by molar-refractivity contribution is -0.119. The summed E-state index contributed by atoms with van der Waals surface area (Å²) in [4.78, 5) is 27.9. The molecule has 6 nitrogen and oxygen atoms in total. The number of nitrogens with zero attached hydrogens (tertiary/aromatic N) is 1. The molecule has 1 amide bonds. The summed E-state index contributed by atoms with van der Waals surface area (Å²) in [5.74, 6) is -1.45. The average Bonchev–Trinajstić information content (AvgIpc) is 3.17. The summed E-state index contributed by atoms with van der Waals surface area (Å²) < 4.78 is 23.3. The predicted octanol–water partition coefficient (Wildman–Crippen LogP) is 4.89. The van der Waals surface area contributed by atoms with Crippen molar-refractivity contribution >= 4 is 40.9 Å². The number of aromatic nitrogens is 1. The topological polar surface area (TPSA) is 81.4 Å². The number of carbonyl (C=O) groups excluding carboxylic acids is 2. The summed E-state index contributed by atoms with van der Waals surface area (Å²) >= 11 is 12.0. The fourth-order valence-electron chi connectivity index (χ4n) is 2.23. The van der Waals surface area contributed by atoms with Crippen LogP contribution in [0.5, 0.6) is 0 Å². The van der Waals surface area contributed by atoms with Crippen molar-refractivity contribution < 1.29 is 23.1 Å². The molecule has 0 bridgehead atoms. The maximum Gasteiger partial charge on any atom is 0.374 e. The van der Waals surface area contributed by atoms with Gasteiger partial charge >= 0.3 is 5.97 Å². The molecule has 28 heavy (non-hydrogen) atoms. The maximum atomic E-state index is 13.0. The smallest absolute Gasteiger partial charge is 0.374 e. The fourth-order valence-corrected chi connectivity index (χ4v) is 2.62. The van der Waals surface area contributed by atoms with Gasteiger partial charge in [0.05, 0.1) is 10.0 Å². The largest absolute Gasteiger partial charge is 0.450 e. The van der Waals surface area contributed by atoms with Gasteiger partial charge in [0.2, 0.25) is 5.76 Å². The van der Waals surface area contributed by atoms with Crippen LogP contribution in [0, 0.1) is 12.7 Å². The number of carbonyl (C=O) groups is 2. The molecule has 0 unspecified atom stereocenters. The molecule has 9 heteroatoms. The Labute approximate surface area is 169 Å². The lowest BCUT2D eigenvalue weighted by atomic mass is 10.2. The second-order valence-electron chi connectivity index (χ2n) is 5.69. The van der Waals surface area contributed by atoms with Gasteiger partial charge in [0, 0.05) is 11.8 Å². The van der Waals surface area contributed by atoms with Crippen LogP contribution >= 0.6 is 23.2 Å². The van der Waals surface area contributed by atoms with Gasteiger partial charge in [0.1, 0.15) is 11.6 Å². The highest BCUT2D eigenvalue weighted by atomic mass is 35.5. The van der Waals surface area contributed by atoms with Crippen molar-refractivity contribution in [1.29, 1.82) is 0 Å². The zero-order valence-electron chi connectivity index (χ0n) is 14.5. The molecule has 0 atom stereocenters. The van der Waals surface area contributed by atoms with Crippen LogP contribution in [0.1, 0.15) is 16.1 Å². The average molecular weight is 423 g/mol. The Morgan fingerprint density at radius 1 is 1.18 bits per heavy atom. The summed E-state index contributed by atoms with van der Waals surface area (Å²) in [6.45, 7) is 1.11. The number of nitrogens with one attached hydrogen (secondary N) is 1. The number of benzene rings is 1. The third kappa shape index (κ3) is 4.49. The molecular weight excluding hydrogens is 410 g/mol. The highest BCUT2D eigenvalue weighted by molar-refractivity contribution is 6.37. The van der Waals surface area contributed by atoms with Gasteiger partial charge in [-0.1, -0.05) is 23.2 Å². The molecule has 1 N–H and O–H groups in total. The first-order valence-corrected chi connectivity index (χ1v) is 8.74. The number of furan rings is 1. The van der Waals surface area contributed by atoms with E-state index in [9.17, 15) is 14.0 Å². The van der Waals surface area contributed by atoms with Crippen LogP contribution in [0.2, 0.25) is 10.0 Å². The van der Waals surface area contributed by atoms with Gasteiger partial charge in [-0.05, 0) is 48.9 Å². The Balaban J connectivity index is 1.59. The van der Waals surface area contributed by atoms with Crippen molar-refractivity contribution in [3.63, 3.8) is 0 Å². The highest BCUT2D eigenvalue weighted by Crippen LogP contribution is 2.28. The number of hydrogen-bond acceptors (Lipinski definition) is 5. The van der Waals surface area contributed by atoms with Crippen molar-refractivity contribution in [2.24, 2.45) is 0 Å². The maximum absolute atomic E-state index is 13.0. The number of amides is 1. The van der Waals surface area contributed by atoms with Crippen molar-refractivity contribution in [2.45, 2.75) is 6.92 Å². The lowest BCUT2D eigenvalue weighted by Crippen LogP contribution is -2.21. The monoisotopic (exact) mass is 422 g/mol. The van der Waals surface area contributed by atoms with Crippen LogP contribution in [0.3, 0.4) is 0 Å². The molecule has 0 aliphatic heterocycles. The highest BCUT2D eigenvalue weighted by Gasteiger charge is 2.17. The van der Waals surface area contributed by atoms with Crippen LogP contribution in [-0.4, -0.2) is 23.5 Å². The minimum atomic E-state index is -0.824. The number of anilines is 1. The van der Waals surface area contributed by atoms with E-state index >= 15 is 0 Å². The van der Waals surface area contributed by atoms with E-state index in [4.69, 9.17) is 32.4 Å². The molecule has 0 saturated carbocycles.